The lowest BCUT2D eigenvalue weighted by Crippen LogP contribution is -2.14. The smallest absolute Gasteiger partial charge is 0.242 e. The summed E-state index contributed by atoms with van der Waals surface area (Å²) in [5.41, 5.74) is 6.57. The van der Waals surface area contributed by atoms with Gasteiger partial charge in [0.1, 0.15) is 11.5 Å². The summed E-state index contributed by atoms with van der Waals surface area (Å²) in [5, 5.41) is 3.24. The molecule has 0 amide bonds. The van der Waals surface area contributed by atoms with E-state index >= 15 is 0 Å². The van der Waals surface area contributed by atoms with Gasteiger partial charge in [0.25, 0.3) is 0 Å². The maximum Gasteiger partial charge on any atom is 0.242 e. The molecule has 0 spiro atoms. The van der Waals surface area contributed by atoms with Gasteiger partial charge in [-0.15, -0.1) is 0 Å². The number of nitrogens with two attached hydrogens (primary N) is 1. The molecule has 1 aromatic rings. The summed E-state index contributed by atoms with van der Waals surface area (Å²) in [4.78, 5) is 8.79. The summed E-state index contributed by atoms with van der Waals surface area (Å²) in [7, 11) is 0. The second kappa shape index (κ2) is 9.39. The van der Waals surface area contributed by atoms with Crippen molar-refractivity contribution in [3.05, 3.63) is 5.82 Å². The van der Waals surface area contributed by atoms with Gasteiger partial charge in [0, 0.05) is 26.2 Å². The van der Waals surface area contributed by atoms with Gasteiger partial charge in [-0.25, -0.2) is 4.98 Å². The Morgan fingerprint density at radius 3 is 2.62 bits per heavy atom. The molecule has 0 fully saturated rings. The van der Waals surface area contributed by atoms with Gasteiger partial charge in [0.05, 0.1) is 6.61 Å². The predicted molar refractivity (Wildman–Crippen MR) is 85.8 cm³/mol. The van der Waals surface area contributed by atoms with Crippen molar-refractivity contribution < 1.29 is 9.47 Å². The minimum absolute atomic E-state index is 0.423. The van der Waals surface area contributed by atoms with Crippen molar-refractivity contribution in [2.45, 2.75) is 40.5 Å². The molecule has 0 aliphatic rings. The van der Waals surface area contributed by atoms with Gasteiger partial charge in [-0.2, -0.15) is 4.98 Å². The highest BCUT2D eigenvalue weighted by atomic mass is 16.5. The van der Waals surface area contributed by atoms with Crippen molar-refractivity contribution in [1.29, 1.82) is 0 Å². The Bertz CT molecular complexity index is 424. The van der Waals surface area contributed by atoms with Crippen LogP contribution in [-0.4, -0.2) is 36.3 Å². The summed E-state index contributed by atoms with van der Waals surface area (Å²) in [6, 6.07) is 0. The molecular weight excluding hydrogens is 268 g/mol. The van der Waals surface area contributed by atoms with Crippen LogP contribution in [0.15, 0.2) is 0 Å². The number of hydrogen-bond donors (Lipinski definition) is 2. The molecule has 3 N–H and O–H groups in total. The van der Waals surface area contributed by atoms with Crippen molar-refractivity contribution in [2.24, 2.45) is 5.92 Å². The number of hydrogen-bond acceptors (Lipinski definition) is 6. The van der Waals surface area contributed by atoms with Crippen LogP contribution in [0.1, 0.15) is 39.9 Å². The highest BCUT2D eigenvalue weighted by Gasteiger charge is 2.12. The summed E-state index contributed by atoms with van der Waals surface area (Å²) in [6.45, 7) is 11.0. The van der Waals surface area contributed by atoms with E-state index in [9.17, 15) is 0 Å². The Morgan fingerprint density at radius 2 is 2.00 bits per heavy atom. The molecule has 0 atom stereocenters. The monoisotopic (exact) mass is 296 g/mol. The largest absolute Gasteiger partial charge is 0.476 e. The van der Waals surface area contributed by atoms with E-state index in [1.165, 1.54) is 0 Å². The van der Waals surface area contributed by atoms with Gasteiger partial charge in [-0.3, -0.25) is 0 Å². The minimum Gasteiger partial charge on any atom is -0.476 e. The van der Waals surface area contributed by atoms with E-state index in [-0.39, 0.29) is 0 Å². The Balaban J connectivity index is 2.70. The van der Waals surface area contributed by atoms with Gasteiger partial charge >= 0.3 is 0 Å². The summed E-state index contributed by atoms with van der Waals surface area (Å²) in [6.07, 6.45) is 1.65. The summed E-state index contributed by atoms with van der Waals surface area (Å²) >= 11 is 0. The molecule has 0 radical (unpaired) electrons. The molecule has 0 bridgehead atoms. The fourth-order valence-electron chi connectivity index (χ4n) is 1.67. The van der Waals surface area contributed by atoms with Crippen molar-refractivity contribution in [2.75, 3.05) is 37.4 Å². The van der Waals surface area contributed by atoms with Crippen LogP contribution in [0.2, 0.25) is 0 Å². The third kappa shape index (κ3) is 6.16. The lowest BCUT2D eigenvalue weighted by atomic mass is 10.2. The first-order valence-electron chi connectivity index (χ1n) is 7.69. The number of anilines is 2. The van der Waals surface area contributed by atoms with E-state index in [0.29, 0.717) is 29.9 Å². The van der Waals surface area contributed by atoms with Crippen LogP contribution in [0.25, 0.3) is 0 Å². The average Bonchev–Trinajstić information content (AvgIpc) is 2.47. The summed E-state index contributed by atoms with van der Waals surface area (Å²) < 4.78 is 11.0. The van der Waals surface area contributed by atoms with Crippen LogP contribution >= 0.6 is 0 Å². The molecule has 0 unspecified atom stereocenters. The van der Waals surface area contributed by atoms with Gasteiger partial charge in [-0.05, 0) is 19.3 Å². The Hall–Kier alpha value is -1.56. The molecule has 1 rings (SSSR count). The van der Waals surface area contributed by atoms with E-state index < -0.39 is 0 Å². The van der Waals surface area contributed by atoms with E-state index in [2.05, 4.69) is 29.1 Å². The van der Waals surface area contributed by atoms with E-state index in [0.717, 1.165) is 38.4 Å². The molecular formula is C15H28N4O2. The third-order valence-electron chi connectivity index (χ3n) is 2.79. The molecule has 6 heteroatoms. The molecule has 0 saturated carbocycles. The first-order chi connectivity index (χ1) is 10.1. The number of aromatic nitrogens is 2. The first kappa shape index (κ1) is 17.5. The van der Waals surface area contributed by atoms with Crippen molar-refractivity contribution >= 4 is 11.5 Å². The Kier molecular flexibility index (Phi) is 7.82. The minimum atomic E-state index is 0.423. The van der Waals surface area contributed by atoms with Crippen LogP contribution in [0.3, 0.4) is 0 Å². The SMILES string of the molecule is CCOCCCNc1nc(CC)nc(OCC(C)C)c1N. The Morgan fingerprint density at radius 1 is 1.24 bits per heavy atom. The zero-order valence-electron chi connectivity index (χ0n) is 13.6. The molecule has 0 aliphatic carbocycles. The fraction of sp³-hybridized carbons (Fsp3) is 0.733. The Labute approximate surface area is 127 Å². The van der Waals surface area contributed by atoms with E-state index in [1.807, 2.05) is 13.8 Å². The van der Waals surface area contributed by atoms with Gasteiger partial charge in [0.15, 0.2) is 5.82 Å². The van der Waals surface area contributed by atoms with E-state index in [1.54, 1.807) is 0 Å². The average molecular weight is 296 g/mol. The maximum absolute atomic E-state index is 6.09. The molecule has 0 aliphatic heterocycles. The van der Waals surface area contributed by atoms with Gasteiger partial charge < -0.3 is 20.5 Å². The highest BCUT2D eigenvalue weighted by Crippen LogP contribution is 2.26. The van der Waals surface area contributed by atoms with Crippen LogP contribution in [0, 0.1) is 5.92 Å². The lowest BCUT2D eigenvalue weighted by Gasteiger charge is -2.14. The highest BCUT2D eigenvalue weighted by molar-refractivity contribution is 5.66. The number of ether oxygens (including phenoxy) is 2. The van der Waals surface area contributed by atoms with Crippen LogP contribution in [-0.2, 0) is 11.2 Å². The topological polar surface area (TPSA) is 82.3 Å². The zero-order chi connectivity index (χ0) is 15.7. The van der Waals surface area contributed by atoms with Crippen LogP contribution in [0.5, 0.6) is 5.88 Å². The van der Waals surface area contributed by atoms with Gasteiger partial charge in [-0.1, -0.05) is 20.8 Å². The molecule has 0 saturated heterocycles. The normalized spacial score (nSPS) is 10.9. The van der Waals surface area contributed by atoms with Crippen molar-refractivity contribution in [3.63, 3.8) is 0 Å². The quantitative estimate of drug-likeness (QED) is 0.646. The second-order valence-electron chi connectivity index (χ2n) is 5.24. The number of rotatable bonds is 10. The fourth-order valence-corrected chi connectivity index (χ4v) is 1.67. The van der Waals surface area contributed by atoms with Crippen LogP contribution in [0.4, 0.5) is 11.5 Å². The molecule has 0 aromatic carbocycles. The summed E-state index contributed by atoms with van der Waals surface area (Å²) in [5.74, 6) is 2.28. The lowest BCUT2D eigenvalue weighted by molar-refractivity contribution is 0.147. The molecule has 120 valence electrons. The predicted octanol–water partition coefficient (Wildman–Crippen LogP) is 2.49. The molecule has 1 heterocycles. The first-order valence-corrected chi connectivity index (χ1v) is 7.69. The van der Waals surface area contributed by atoms with Gasteiger partial charge in [0.2, 0.25) is 5.88 Å². The van der Waals surface area contributed by atoms with Crippen molar-refractivity contribution in [3.8, 4) is 5.88 Å². The third-order valence-corrected chi connectivity index (χ3v) is 2.79. The molecule has 6 nitrogen and oxygen atoms in total. The number of nitrogens with one attached hydrogen (secondary N) is 1. The molecule has 21 heavy (non-hydrogen) atoms. The number of aryl methyl sites for hydroxylation is 1. The molecule has 1 aromatic heterocycles. The zero-order valence-corrected chi connectivity index (χ0v) is 13.6. The van der Waals surface area contributed by atoms with Crippen LogP contribution < -0.4 is 15.8 Å². The second-order valence-corrected chi connectivity index (χ2v) is 5.24. The number of nitrogen functional groups attached to an aromatic ring is 1. The number of nitrogens with zero attached hydrogens (tertiary/aromatic N) is 2. The van der Waals surface area contributed by atoms with Crippen molar-refractivity contribution in [1.82, 2.24) is 9.97 Å². The standard InChI is InChI=1S/C15H28N4O2/c1-5-12-18-14(17-8-7-9-20-6-2)13(16)15(19-12)21-10-11(3)4/h11H,5-10,16H2,1-4H3,(H,17,18,19). The van der Waals surface area contributed by atoms with E-state index in [4.69, 9.17) is 15.2 Å². The maximum atomic E-state index is 6.09.